The largest absolute Gasteiger partial charge is 0.504 e. The smallest absolute Gasteiger partial charge is 0.219 e. The molecule has 0 radical (unpaired) electrons. The third-order valence-corrected chi connectivity index (χ3v) is 4.47. The van der Waals surface area contributed by atoms with E-state index in [-0.39, 0.29) is 22.4 Å². The number of carbonyl (C=O) groups is 2. The molecule has 5 heteroatoms. The standard InChI is InChI=1S/C16H14O4S/c1-20-13-7-11(16(19)21-2)10-4-3-8-9(5-6-12(8)17)14(10)15(13)18/h3-4,7,18H,5-6H2,1-2H3. The van der Waals surface area contributed by atoms with Gasteiger partial charge < -0.3 is 9.84 Å². The van der Waals surface area contributed by atoms with Gasteiger partial charge in [-0.1, -0.05) is 23.9 Å². The van der Waals surface area contributed by atoms with E-state index in [1.54, 1.807) is 24.5 Å². The first-order valence-electron chi connectivity index (χ1n) is 6.55. The van der Waals surface area contributed by atoms with Crippen LogP contribution in [0.4, 0.5) is 0 Å². The Morgan fingerprint density at radius 2 is 2.10 bits per heavy atom. The third kappa shape index (κ3) is 2.00. The number of ketones is 1. The van der Waals surface area contributed by atoms with E-state index >= 15 is 0 Å². The Labute approximate surface area is 126 Å². The zero-order valence-electron chi connectivity index (χ0n) is 11.7. The zero-order chi connectivity index (χ0) is 15.1. The molecule has 0 bridgehead atoms. The molecule has 21 heavy (non-hydrogen) atoms. The Morgan fingerprint density at radius 3 is 2.76 bits per heavy atom. The number of Topliss-reactive ketones (excluding diaryl/α,β-unsaturated/α-hetero) is 1. The van der Waals surface area contributed by atoms with Crippen LogP contribution < -0.4 is 4.74 Å². The summed E-state index contributed by atoms with van der Waals surface area (Å²) >= 11 is 1.11. The monoisotopic (exact) mass is 302 g/mol. The van der Waals surface area contributed by atoms with Gasteiger partial charge >= 0.3 is 0 Å². The second-order valence-corrected chi connectivity index (χ2v) is 5.68. The molecule has 0 saturated carbocycles. The highest BCUT2D eigenvalue weighted by Crippen LogP contribution is 2.42. The second-order valence-electron chi connectivity index (χ2n) is 4.90. The number of hydrogen-bond donors (Lipinski definition) is 1. The lowest BCUT2D eigenvalue weighted by atomic mass is 9.96. The highest BCUT2D eigenvalue weighted by atomic mass is 32.2. The molecule has 3 rings (SSSR count). The summed E-state index contributed by atoms with van der Waals surface area (Å²) in [5.41, 5.74) is 1.94. The van der Waals surface area contributed by atoms with E-state index in [0.29, 0.717) is 34.7 Å². The Morgan fingerprint density at radius 1 is 1.33 bits per heavy atom. The first kappa shape index (κ1) is 13.9. The molecular formula is C16H14O4S. The van der Waals surface area contributed by atoms with Crippen molar-refractivity contribution in [2.24, 2.45) is 0 Å². The van der Waals surface area contributed by atoms with Crippen molar-refractivity contribution in [2.45, 2.75) is 12.8 Å². The quantitative estimate of drug-likeness (QED) is 0.923. The van der Waals surface area contributed by atoms with E-state index < -0.39 is 0 Å². The highest BCUT2D eigenvalue weighted by molar-refractivity contribution is 8.13. The van der Waals surface area contributed by atoms with Gasteiger partial charge in [-0.2, -0.15) is 0 Å². The van der Waals surface area contributed by atoms with Gasteiger partial charge in [-0.15, -0.1) is 0 Å². The number of aryl methyl sites for hydroxylation is 1. The van der Waals surface area contributed by atoms with E-state index in [1.165, 1.54) is 7.11 Å². The molecule has 108 valence electrons. The predicted octanol–water partition coefficient (Wildman–Crippen LogP) is 3.19. The number of hydrogen-bond acceptors (Lipinski definition) is 5. The SMILES string of the molecule is COc1cc(C(=O)SC)c2ccc3c(c2c1O)CCC3=O. The van der Waals surface area contributed by atoms with Gasteiger partial charge in [-0.3, -0.25) is 9.59 Å². The van der Waals surface area contributed by atoms with Crippen molar-refractivity contribution in [3.8, 4) is 11.5 Å². The van der Waals surface area contributed by atoms with Crippen LogP contribution in [0.5, 0.6) is 11.5 Å². The minimum atomic E-state index is -0.0948. The molecule has 2 aromatic carbocycles. The van der Waals surface area contributed by atoms with Crippen LogP contribution in [0.2, 0.25) is 0 Å². The van der Waals surface area contributed by atoms with Crippen LogP contribution in [-0.2, 0) is 6.42 Å². The number of ether oxygens (including phenoxy) is 1. The van der Waals surface area contributed by atoms with Gasteiger partial charge in [0.05, 0.1) is 7.11 Å². The van der Waals surface area contributed by atoms with Crippen molar-refractivity contribution in [3.63, 3.8) is 0 Å². The number of thioether (sulfide) groups is 1. The van der Waals surface area contributed by atoms with Crippen molar-refractivity contribution < 1.29 is 19.4 Å². The van der Waals surface area contributed by atoms with Crippen molar-refractivity contribution in [1.29, 1.82) is 0 Å². The van der Waals surface area contributed by atoms with Crippen molar-refractivity contribution in [1.82, 2.24) is 0 Å². The van der Waals surface area contributed by atoms with Crippen molar-refractivity contribution in [2.75, 3.05) is 13.4 Å². The van der Waals surface area contributed by atoms with Gasteiger partial charge in [0.25, 0.3) is 0 Å². The summed E-state index contributed by atoms with van der Waals surface area (Å²) < 4.78 is 5.18. The first-order valence-corrected chi connectivity index (χ1v) is 7.78. The fraction of sp³-hybridized carbons (Fsp3) is 0.250. The number of rotatable bonds is 2. The molecule has 0 atom stereocenters. The molecular weight excluding hydrogens is 288 g/mol. The van der Waals surface area contributed by atoms with E-state index in [4.69, 9.17) is 4.74 Å². The number of phenolic OH excluding ortho intramolecular Hbond substituents is 1. The Bertz CT molecular complexity index is 780. The van der Waals surface area contributed by atoms with E-state index in [0.717, 1.165) is 17.3 Å². The molecule has 0 heterocycles. The maximum Gasteiger partial charge on any atom is 0.219 e. The summed E-state index contributed by atoms with van der Waals surface area (Å²) in [6.45, 7) is 0. The summed E-state index contributed by atoms with van der Waals surface area (Å²) in [4.78, 5) is 24.0. The van der Waals surface area contributed by atoms with Crippen LogP contribution in [-0.4, -0.2) is 29.4 Å². The lowest BCUT2D eigenvalue weighted by molar-refractivity contribution is 0.0994. The fourth-order valence-corrected chi connectivity index (χ4v) is 3.26. The minimum absolute atomic E-state index is 0.00305. The van der Waals surface area contributed by atoms with E-state index in [9.17, 15) is 14.7 Å². The number of benzene rings is 2. The van der Waals surface area contributed by atoms with Crippen molar-refractivity contribution in [3.05, 3.63) is 34.9 Å². The number of carbonyl (C=O) groups excluding carboxylic acids is 2. The number of fused-ring (bicyclic) bond motifs is 3. The van der Waals surface area contributed by atoms with Gasteiger partial charge in [-0.25, -0.2) is 0 Å². The normalized spacial score (nSPS) is 13.5. The molecule has 4 nitrogen and oxygen atoms in total. The minimum Gasteiger partial charge on any atom is -0.504 e. The molecule has 2 aromatic rings. The summed E-state index contributed by atoms with van der Waals surface area (Å²) in [6.07, 6.45) is 2.74. The lowest BCUT2D eigenvalue weighted by Gasteiger charge is -2.13. The van der Waals surface area contributed by atoms with Crippen LogP contribution in [0.15, 0.2) is 18.2 Å². The molecule has 1 aliphatic rings. The van der Waals surface area contributed by atoms with Crippen molar-refractivity contribution >= 4 is 33.4 Å². The lowest BCUT2D eigenvalue weighted by Crippen LogP contribution is -1.99. The number of phenols is 1. The number of methoxy groups -OCH3 is 1. The molecule has 1 N–H and O–H groups in total. The van der Waals surface area contributed by atoms with Gasteiger partial charge in [0, 0.05) is 22.9 Å². The van der Waals surface area contributed by atoms with Gasteiger partial charge in [0.2, 0.25) is 5.12 Å². The van der Waals surface area contributed by atoms with Gasteiger partial charge in [0.1, 0.15) is 0 Å². The van der Waals surface area contributed by atoms with Crippen LogP contribution in [0.3, 0.4) is 0 Å². The second kappa shape index (κ2) is 5.07. The van der Waals surface area contributed by atoms with Crippen LogP contribution in [0, 0.1) is 0 Å². The van der Waals surface area contributed by atoms with Crippen LogP contribution in [0.25, 0.3) is 10.8 Å². The molecule has 0 unspecified atom stereocenters. The van der Waals surface area contributed by atoms with E-state index in [1.807, 2.05) is 0 Å². The summed E-state index contributed by atoms with van der Waals surface area (Å²) in [7, 11) is 1.45. The van der Waals surface area contributed by atoms with Crippen LogP contribution in [0.1, 0.15) is 32.7 Å². The maximum atomic E-state index is 12.1. The number of aromatic hydroxyl groups is 1. The predicted molar refractivity (Wildman–Crippen MR) is 82.7 cm³/mol. The highest BCUT2D eigenvalue weighted by Gasteiger charge is 2.26. The molecule has 0 aromatic heterocycles. The first-order chi connectivity index (χ1) is 10.1. The molecule has 0 spiro atoms. The molecule has 0 amide bonds. The van der Waals surface area contributed by atoms with Gasteiger partial charge in [-0.05, 0) is 29.7 Å². The zero-order valence-corrected chi connectivity index (χ0v) is 12.5. The molecule has 0 saturated heterocycles. The average Bonchev–Trinajstić information content (AvgIpc) is 2.88. The molecule has 0 aliphatic heterocycles. The van der Waals surface area contributed by atoms with Gasteiger partial charge in [0.15, 0.2) is 17.3 Å². The molecule has 0 fully saturated rings. The summed E-state index contributed by atoms with van der Waals surface area (Å²) in [5, 5.41) is 11.6. The Balaban J connectivity index is 2.44. The summed E-state index contributed by atoms with van der Waals surface area (Å²) in [6, 6.07) is 5.04. The Kier molecular flexibility index (Phi) is 3.37. The van der Waals surface area contributed by atoms with E-state index in [2.05, 4.69) is 0 Å². The Hall–Kier alpha value is -2.01. The fourth-order valence-electron chi connectivity index (χ4n) is 2.87. The third-order valence-electron chi connectivity index (χ3n) is 3.88. The van der Waals surface area contributed by atoms with Crippen LogP contribution >= 0.6 is 11.8 Å². The average molecular weight is 302 g/mol. The maximum absolute atomic E-state index is 12.1. The summed E-state index contributed by atoms with van der Waals surface area (Å²) in [5.74, 6) is 0.330. The molecule has 1 aliphatic carbocycles. The topological polar surface area (TPSA) is 63.6 Å².